The van der Waals surface area contributed by atoms with Gasteiger partial charge in [0, 0.05) is 41.7 Å². The van der Waals surface area contributed by atoms with Crippen molar-refractivity contribution in [3.05, 3.63) is 100 Å². The number of fused-ring (bicyclic) bond motifs is 1. The summed E-state index contributed by atoms with van der Waals surface area (Å²) in [6.07, 6.45) is 2.02. The Bertz CT molecular complexity index is 1300. The zero-order chi connectivity index (χ0) is 24.1. The Kier molecular flexibility index (Phi) is 6.89. The number of aromatic nitrogens is 1. The number of rotatable bonds is 9. The molecule has 0 aliphatic carbocycles. The molecule has 4 rings (SSSR count). The largest absolute Gasteiger partial charge is 0.495 e. The topological polar surface area (TPSA) is 109 Å². The summed E-state index contributed by atoms with van der Waals surface area (Å²) in [5.41, 5.74) is 3.46. The number of nitro groups is 1. The van der Waals surface area contributed by atoms with Crippen LogP contribution in [0.15, 0.2) is 79.0 Å². The third-order valence-electron chi connectivity index (χ3n) is 5.87. The predicted octanol–water partition coefficient (Wildman–Crippen LogP) is 4.83. The summed E-state index contributed by atoms with van der Waals surface area (Å²) in [4.78, 5) is 26.9. The van der Waals surface area contributed by atoms with Crippen molar-refractivity contribution in [2.75, 3.05) is 19.0 Å². The number of nitrogens with zero attached hydrogens (tertiary/aromatic N) is 1. The number of nitro benzene ring substituents is 1. The van der Waals surface area contributed by atoms with Crippen molar-refractivity contribution in [3.8, 4) is 5.75 Å². The zero-order valence-corrected chi connectivity index (χ0v) is 18.9. The van der Waals surface area contributed by atoms with Crippen molar-refractivity contribution >= 4 is 28.2 Å². The van der Waals surface area contributed by atoms with E-state index in [2.05, 4.69) is 33.8 Å². The van der Waals surface area contributed by atoms with E-state index in [4.69, 9.17) is 4.74 Å². The van der Waals surface area contributed by atoms with Crippen LogP contribution in [-0.2, 0) is 4.79 Å². The van der Waals surface area contributed by atoms with Gasteiger partial charge in [-0.25, -0.2) is 0 Å². The van der Waals surface area contributed by atoms with Crippen LogP contribution in [0.4, 0.5) is 11.4 Å². The van der Waals surface area contributed by atoms with Crippen LogP contribution < -0.4 is 15.4 Å². The number of anilines is 1. The molecule has 0 spiro atoms. The fraction of sp³-hybridized carbons (Fsp3) is 0.192. The summed E-state index contributed by atoms with van der Waals surface area (Å²) in [7, 11) is 1.45. The van der Waals surface area contributed by atoms with E-state index in [1.807, 2.05) is 42.6 Å². The first-order chi connectivity index (χ1) is 16.5. The van der Waals surface area contributed by atoms with Crippen molar-refractivity contribution in [1.29, 1.82) is 0 Å². The Labute approximate surface area is 197 Å². The van der Waals surface area contributed by atoms with Crippen LogP contribution in [-0.4, -0.2) is 35.5 Å². The third kappa shape index (κ3) is 4.92. The SMILES string of the molecule is COc1ccc([N+](=O)[O-])cc1NC(=O)C(C)NCC(c1ccccc1)c1c[nH]c2ccccc12. The first-order valence-corrected chi connectivity index (χ1v) is 11.0. The molecule has 1 aromatic heterocycles. The second kappa shape index (κ2) is 10.2. The fourth-order valence-electron chi connectivity index (χ4n) is 4.01. The molecule has 4 aromatic rings. The lowest BCUT2D eigenvalue weighted by Crippen LogP contribution is -2.40. The summed E-state index contributed by atoms with van der Waals surface area (Å²) >= 11 is 0. The highest BCUT2D eigenvalue weighted by atomic mass is 16.6. The van der Waals surface area contributed by atoms with Crippen LogP contribution in [0, 0.1) is 10.1 Å². The number of methoxy groups -OCH3 is 1. The van der Waals surface area contributed by atoms with Gasteiger partial charge in [-0.05, 0) is 30.2 Å². The van der Waals surface area contributed by atoms with Crippen molar-refractivity contribution in [2.45, 2.75) is 18.9 Å². The Morgan fingerprint density at radius 1 is 1.09 bits per heavy atom. The molecule has 1 heterocycles. The van der Waals surface area contributed by atoms with Gasteiger partial charge in [-0.15, -0.1) is 0 Å². The van der Waals surface area contributed by atoms with Gasteiger partial charge >= 0.3 is 0 Å². The second-order valence-electron chi connectivity index (χ2n) is 8.01. The molecule has 3 aromatic carbocycles. The minimum absolute atomic E-state index is 0.0138. The standard InChI is InChI=1S/C26H26N4O4/c1-17(26(31)29-24-14-19(30(32)33)12-13-25(24)34-2)27-15-21(18-8-4-3-5-9-18)22-16-28-23-11-7-6-10-20(22)23/h3-14,16-17,21,27-28H,15H2,1-2H3,(H,29,31). The summed E-state index contributed by atoms with van der Waals surface area (Å²) in [5, 5.41) is 18.3. The van der Waals surface area contributed by atoms with Gasteiger partial charge in [-0.1, -0.05) is 48.5 Å². The van der Waals surface area contributed by atoms with Crippen LogP contribution >= 0.6 is 0 Å². The lowest BCUT2D eigenvalue weighted by molar-refractivity contribution is -0.384. The van der Waals surface area contributed by atoms with Crippen LogP contribution in [0.2, 0.25) is 0 Å². The molecule has 0 aliphatic rings. The Hall–Kier alpha value is -4.17. The van der Waals surface area contributed by atoms with Crippen LogP contribution in [0.5, 0.6) is 5.75 Å². The molecule has 0 fully saturated rings. The summed E-state index contributed by atoms with van der Waals surface area (Å²) < 4.78 is 5.25. The number of ether oxygens (including phenoxy) is 1. The Balaban J connectivity index is 1.52. The predicted molar refractivity (Wildman–Crippen MR) is 132 cm³/mol. The van der Waals surface area contributed by atoms with E-state index in [-0.39, 0.29) is 23.2 Å². The first kappa shape index (κ1) is 23.0. The molecule has 0 radical (unpaired) electrons. The van der Waals surface area contributed by atoms with E-state index in [1.165, 1.54) is 25.3 Å². The molecule has 1 amide bonds. The van der Waals surface area contributed by atoms with Gasteiger partial charge in [0.2, 0.25) is 5.91 Å². The van der Waals surface area contributed by atoms with E-state index in [0.29, 0.717) is 12.3 Å². The second-order valence-corrected chi connectivity index (χ2v) is 8.01. The minimum atomic E-state index is -0.555. The van der Waals surface area contributed by atoms with Crippen LogP contribution in [0.1, 0.15) is 24.0 Å². The third-order valence-corrected chi connectivity index (χ3v) is 5.87. The smallest absolute Gasteiger partial charge is 0.271 e. The molecule has 34 heavy (non-hydrogen) atoms. The van der Waals surface area contributed by atoms with Gasteiger partial charge in [-0.3, -0.25) is 14.9 Å². The number of amides is 1. The molecule has 2 atom stereocenters. The maximum atomic E-state index is 12.9. The molecular formula is C26H26N4O4. The Morgan fingerprint density at radius 3 is 2.56 bits per heavy atom. The molecule has 2 unspecified atom stereocenters. The quantitative estimate of drug-likeness (QED) is 0.246. The number of hydrogen-bond donors (Lipinski definition) is 3. The maximum Gasteiger partial charge on any atom is 0.271 e. The molecule has 0 aliphatic heterocycles. The maximum absolute atomic E-state index is 12.9. The number of benzene rings is 3. The monoisotopic (exact) mass is 458 g/mol. The van der Waals surface area contributed by atoms with E-state index >= 15 is 0 Å². The molecule has 174 valence electrons. The Morgan fingerprint density at radius 2 is 1.82 bits per heavy atom. The molecule has 8 heteroatoms. The van der Waals surface area contributed by atoms with Crippen molar-refractivity contribution in [2.24, 2.45) is 0 Å². The van der Waals surface area contributed by atoms with E-state index in [9.17, 15) is 14.9 Å². The van der Waals surface area contributed by atoms with E-state index in [0.717, 1.165) is 22.0 Å². The first-order valence-electron chi connectivity index (χ1n) is 11.0. The van der Waals surface area contributed by atoms with Crippen molar-refractivity contribution in [1.82, 2.24) is 10.3 Å². The molecule has 0 saturated heterocycles. The average molecular weight is 459 g/mol. The number of para-hydroxylation sites is 1. The van der Waals surface area contributed by atoms with E-state index in [1.54, 1.807) is 6.92 Å². The fourth-order valence-corrected chi connectivity index (χ4v) is 4.01. The lowest BCUT2D eigenvalue weighted by Gasteiger charge is -2.21. The summed E-state index contributed by atoms with van der Waals surface area (Å²) in [6, 6.07) is 21.8. The molecule has 0 saturated carbocycles. The van der Waals surface area contributed by atoms with E-state index < -0.39 is 11.0 Å². The van der Waals surface area contributed by atoms with Gasteiger partial charge in [0.1, 0.15) is 5.75 Å². The van der Waals surface area contributed by atoms with Gasteiger partial charge in [0.05, 0.1) is 23.8 Å². The summed E-state index contributed by atoms with van der Waals surface area (Å²) in [5.74, 6) is 0.0524. The highest BCUT2D eigenvalue weighted by molar-refractivity contribution is 5.96. The number of aromatic amines is 1. The summed E-state index contributed by atoms with van der Waals surface area (Å²) in [6.45, 7) is 2.28. The van der Waals surface area contributed by atoms with Gasteiger partial charge < -0.3 is 20.4 Å². The number of carbonyl (C=O) groups is 1. The van der Waals surface area contributed by atoms with Gasteiger partial charge in [0.15, 0.2) is 0 Å². The number of carbonyl (C=O) groups excluding carboxylic acids is 1. The van der Waals surface area contributed by atoms with Crippen molar-refractivity contribution in [3.63, 3.8) is 0 Å². The molecule has 3 N–H and O–H groups in total. The minimum Gasteiger partial charge on any atom is -0.495 e. The molecular weight excluding hydrogens is 432 g/mol. The number of hydrogen-bond acceptors (Lipinski definition) is 5. The van der Waals surface area contributed by atoms with Crippen LogP contribution in [0.25, 0.3) is 10.9 Å². The number of non-ortho nitro benzene ring substituents is 1. The highest BCUT2D eigenvalue weighted by Crippen LogP contribution is 2.31. The van der Waals surface area contributed by atoms with Gasteiger partial charge in [-0.2, -0.15) is 0 Å². The van der Waals surface area contributed by atoms with Crippen molar-refractivity contribution < 1.29 is 14.5 Å². The zero-order valence-electron chi connectivity index (χ0n) is 18.9. The number of H-pyrrole nitrogens is 1. The van der Waals surface area contributed by atoms with Gasteiger partial charge in [0.25, 0.3) is 5.69 Å². The lowest BCUT2D eigenvalue weighted by atomic mass is 9.90. The number of nitrogens with one attached hydrogen (secondary N) is 3. The normalized spacial score (nSPS) is 12.8. The van der Waals surface area contributed by atoms with Crippen LogP contribution in [0.3, 0.4) is 0 Å². The molecule has 8 nitrogen and oxygen atoms in total. The molecule has 0 bridgehead atoms. The average Bonchev–Trinajstić information content (AvgIpc) is 3.28. The highest BCUT2D eigenvalue weighted by Gasteiger charge is 2.22.